The van der Waals surface area contributed by atoms with Gasteiger partial charge in [-0.05, 0) is 24.6 Å². The summed E-state index contributed by atoms with van der Waals surface area (Å²) in [7, 11) is 0. The molecule has 0 saturated carbocycles. The third kappa shape index (κ3) is 5.77. The SMILES string of the molecule is CCOCCC(=O)N/N=C/c1ccc(F)cc1. The highest BCUT2D eigenvalue weighted by molar-refractivity contribution is 5.82. The third-order valence-electron chi connectivity index (χ3n) is 1.95. The Kier molecular flexibility index (Phi) is 5.88. The summed E-state index contributed by atoms with van der Waals surface area (Å²) in [5.74, 6) is -0.514. The van der Waals surface area contributed by atoms with Gasteiger partial charge in [-0.3, -0.25) is 4.79 Å². The molecule has 0 fully saturated rings. The van der Waals surface area contributed by atoms with Gasteiger partial charge < -0.3 is 4.74 Å². The van der Waals surface area contributed by atoms with Crippen molar-refractivity contribution in [2.75, 3.05) is 13.2 Å². The van der Waals surface area contributed by atoms with E-state index >= 15 is 0 Å². The zero-order chi connectivity index (χ0) is 12.5. The first kappa shape index (κ1) is 13.3. The molecule has 0 bridgehead atoms. The number of ether oxygens (including phenoxy) is 1. The maximum Gasteiger partial charge on any atom is 0.242 e. The normalized spacial score (nSPS) is 10.7. The third-order valence-corrected chi connectivity index (χ3v) is 1.95. The second-order valence-corrected chi connectivity index (χ2v) is 3.29. The number of carbonyl (C=O) groups is 1. The fourth-order valence-electron chi connectivity index (χ4n) is 1.09. The summed E-state index contributed by atoms with van der Waals surface area (Å²) in [6, 6.07) is 5.81. The zero-order valence-corrected chi connectivity index (χ0v) is 9.65. The summed E-state index contributed by atoms with van der Waals surface area (Å²) in [6.45, 7) is 2.84. The molecule has 0 aromatic heterocycles. The average molecular weight is 238 g/mol. The van der Waals surface area contributed by atoms with E-state index in [-0.39, 0.29) is 18.1 Å². The van der Waals surface area contributed by atoms with Gasteiger partial charge >= 0.3 is 0 Å². The molecule has 0 spiro atoms. The molecule has 0 atom stereocenters. The molecule has 92 valence electrons. The van der Waals surface area contributed by atoms with Gasteiger partial charge in [-0.25, -0.2) is 9.82 Å². The van der Waals surface area contributed by atoms with Crippen LogP contribution in [-0.2, 0) is 9.53 Å². The predicted octanol–water partition coefficient (Wildman–Crippen LogP) is 1.70. The molecule has 0 unspecified atom stereocenters. The van der Waals surface area contributed by atoms with Crippen LogP contribution in [0.25, 0.3) is 0 Å². The number of rotatable bonds is 6. The fraction of sp³-hybridized carbons (Fsp3) is 0.333. The Hall–Kier alpha value is -1.75. The van der Waals surface area contributed by atoms with Crippen molar-refractivity contribution in [3.8, 4) is 0 Å². The Labute approximate surface area is 99.5 Å². The number of carbonyl (C=O) groups excluding carboxylic acids is 1. The molecule has 1 rings (SSSR count). The average Bonchev–Trinajstić information content (AvgIpc) is 2.32. The van der Waals surface area contributed by atoms with Gasteiger partial charge in [0.1, 0.15) is 5.82 Å². The molecule has 1 aromatic carbocycles. The number of nitrogens with one attached hydrogen (secondary N) is 1. The topological polar surface area (TPSA) is 50.7 Å². The molecule has 1 N–H and O–H groups in total. The lowest BCUT2D eigenvalue weighted by Gasteiger charge is -1.99. The molecule has 1 aromatic rings. The maximum atomic E-state index is 12.6. The van der Waals surface area contributed by atoms with Crippen LogP contribution in [0.15, 0.2) is 29.4 Å². The Bertz CT molecular complexity index is 377. The standard InChI is InChI=1S/C12H15FN2O2/c1-2-17-8-7-12(16)15-14-9-10-3-5-11(13)6-4-10/h3-6,9H,2,7-8H2,1H3,(H,15,16)/b14-9+. The second-order valence-electron chi connectivity index (χ2n) is 3.29. The lowest BCUT2D eigenvalue weighted by Crippen LogP contribution is -2.19. The van der Waals surface area contributed by atoms with Gasteiger partial charge in [0, 0.05) is 6.61 Å². The lowest BCUT2D eigenvalue weighted by atomic mass is 10.2. The molecule has 0 aliphatic carbocycles. The Morgan fingerprint density at radius 1 is 1.47 bits per heavy atom. The second kappa shape index (κ2) is 7.51. The molecular formula is C12H15FN2O2. The van der Waals surface area contributed by atoms with Crippen molar-refractivity contribution >= 4 is 12.1 Å². The Morgan fingerprint density at radius 3 is 2.82 bits per heavy atom. The highest BCUT2D eigenvalue weighted by Gasteiger charge is 1.98. The largest absolute Gasteiger partial charge is 0.381 e. The molecule has 4 nitrogen and oxygen atoms in total. The molecule has 17 heavy (non-hydrogen) atoms. The summed E-state index contributed by atoms with van der Waals surface area (Å²) in [5, 5.41) is 3.75. The Balaban J connectivity index is 2.29. The van der Waals surface area contributed by atoms with E-state index in [4.69, 9.17) is 4.74 Å². The van der Waals surface area contributed by atoms with Crippen LogP contribution in [0.5, 0.6) is 0 Å². The van der Waals surface area contributed by atoms with Gasteiger partial charge in [-0.2, -0.15) is 5.10 Å². The number of halogens is 1. The minimum absolute atomic E-state index is 0.211. The number of hydrogen-bond acceptors (Lipinski definition) is 3. The van der Waals surface area contributed by atoms with E-state index in [0.717, 1.165) is 5.56 Å². The van der Waals surface area contributed by atoms with Crippen molar-refractivity contribution in [3.05, 3.63) is 35.6 Å². The quantitative estimate of drug-likeness (QED) is 0.466. The van der Waals surface area contributed by atoms with Gasteiger partial charge in [0.2, 0.25) is 5.91 Å². The van der Waals surface area contributed by atoms with Crippen LogP contribution in [0.3, 0.4) is 0 Å². The molecule has 0 radical (unpaired) electrons. The minimum Gasteiger partial charge on any atom is -0.381 e. The van der Waals surface area contributed by atoms with Crippen LogP contribution in [0.2, 0.25) is 0 Å². The number of hydrazone groups is 1. The van der Waals surface area contributed by atoms with Crippen molar-refractivity contribution in [2.24, 2.45) is 5.10 Å². The fourth-order valence-corrected chi connectivity index (χ4v) is 1.09. The summed E-state index contributed by atoms with van der Waals surface area (Å²) >= 11 is 0. The van der Waals surface area contributed by atoms with E-state index in [2.05, 4.69) is 10.5 Å². The van der Waals surface area contributed by atoms with Gasteiger partial charge in [-0.15, -0.1) is 0 Å². The van der Waals surface area contributed by atoms with Crippen molar-refractivity contribution in [2.45, 2.75) is 13.3 Å². The molecule has 0 aliphatic rings. The van der Waals surface area contributed by atoms with Crippen LogP contribution in [-0.4, -0.2) is 25.3 Å². The van der Waals surface area contributed by atoms with E-state index < -0.39 is 0 Å². The van der Waals surface area contributed by atoms with Crippen LogP contribution in [0, 0.1) is 5.82 Å². The van der Waals surface area contributed by atoms with E-state index in [1.54, 1.807) is 12.1 Å². The van der Waals surface area contributed by atoms with Crippen molar-refractivity contribution in [1.29, 1.82) is 0 Å². The van der Waals surface area contributed by atoms with E-state index in [1.165, 1.54) is 18.3 Å². The Morgan fingerprint density at radius 2 is 2.18 bits per heavy atom. The zero-order valence-electron chi connectivity index (χ0n) is 9.65. The first-order valence-corrected chi connectivity index (χ1v) is 5.37. The summed E-state index contributed by atoms with van der Waals surface area (Å²) in [5.41, 5.74) is 3.08. The lowest BCUT2D eigenvalue weighted by molar-refractivity contribution is -0.122. The predicted molar refractivity (Wildman–Crippen MR) is 63.2 cm³/mol. The van der Waals surface area contributed by atoms with Gasteiger partial charge in [0.25, 0.3) is 0 Å². The van der Waals surface area contributed by atoms with Gasteiger partial charge in [-0.1, -0.05) is 12.1 Å². The maximum absolute atomic E-state index is 12.6. The first-order valence-electron chi connectivity index (χ1n) is 5.37. The van der Waals surface area contributed by atoms with Crippen molar-refractivity contribution in [3.63, 3.8) is 0 Å². The van der Waals surface area contributed by atoms with E-state index in [1.807, 2.05) is 6.92 Å². The van der Waals surface area contributed by atoms with Crippen LogP contribution >= 0.6 is 0 Å². The van der Waals surface area contributed by atoms with Crippen LogP contribution in [0.1, 0.15) is 18.9 Å². The van der Waals surface area contributed by atoms with Crippen LogP contribution < -0.4 is 5.43 Å². The highest BCUT2D eigenvalue weighted by Crippen LogP contribution is 1.99. The summed E-state index contributed by atoms with van der Waals surface area (Å²) in [4.78, 5) is 11.2. The van der Waals surface area contributed by atoms with E-state index in [0.29, 0.717) is 13.2 Å². The van der Waals surface area contributed by atoms with Gasteiger partial charge in [0.05, 0.1) is 19.2 Å². The monoisotopic (exact) mass is 238 g/mol. The van der Waals surface area contributed by atoms with Gasteiger partial charge in [0.15, 0.2) is 0 Å². The minimum atomic E-state index is -0.303. The number of amides is 1. The van der Waals surface area contributed by atoms with Crippen molar-refractivity contribution in [1.82, 2.24) is 5.43 Å². The number of nitrogens with zero attached hydrogens (tertiary/aromatic N) is 1. The molecule has 0 aliphatic heterocycles. The number of hydrogen-bond donors (Lipinski definition) is 1. The molecule has 0 saturated heterocycles. The molecule has 1 amide bonds. The van der Waals surface area contributed by atoms with Crippen molar-refractivity contribution < 1.29 is 13.9 Å². The summed E-state index contributed by atoms with van der Waals surface area (Å²) < 4.78 is 17.6. The number of benzene rings is 1. The first-order chi connectivity index (χ1) is 8.22. The molecule has 5 heteroatoms. The van der Waals surface area contributed by atoms with E-state index in [9.17, 15) is 9.18 Å². The molecule has 0 heterocycles. The summed E-state index contributed by atoms with van der Waals surface area (Å²) in [6.07, 6.45) is 1.73. The van der Waals surface area contributed by atoms with Crippen LogP contribution in [0.4, 0.5) is 4.39 Å². The smallest absolute Gasteiger partial charge is 0.242 e. The molecular weight excluding hydrogens is 223 g/mol. The highest BCUT2D eigenvalue weighted by atomic mass is 19.1.